The van der Waals surface area contributed by atoms with Crippen LogP contribution in [0.4, 0.5) is 0 Å². The van der Waals surface area contributed by atoms with Crippen LogP contribution in [0.3, 0.4) is 0 Å². The monoisotopic (exact) mass is 356 g/mol. The van der Waals surface area contributed by atoms with Crippen LogP contribution < -0.4 is 0 Å². The van der Waals surface area contributed by atoms with Crippen molar-refractivity contribution in [2.45, 2.75) is 24.5 Å². The highest BCUT2D eigenvalue weighted by Crippen LogP contribution is 2.29. The second-order valence-electron chi connectivity index (χ2n) is 6.39. The average molecular weight is 356 g/mol. The molecule has 3 heterocycles. The minimum absolute atomic E-state index is 0.0666. The van der Waals surface area contributed by atoms with E-state index in [4.69, 9.17) is 0 Å². The highest BCUT2D eigenvalue weighted by atomic mass is 32.2. The van der Waals surface area contributed by atoms with Gasteiger partial charge >= 0.3 is 0 Å². The molecule has 130 valence electrons. The number of aromatic nitrogens is 3. The van der Waals surface area contributed by atoms with Crippen LogP contribution >= 0.6 is 0 Å². The van der Waals surface area contributed by atoms with Gasteiger partial charge in [-0.3, -0.25) is 0 Å². The molecule has 3 aromatic rings. The largest absolute Gasteiger partial charge is 0.237 e. The Labute approximate surface area is 147 Å². The van der Waals surface area contributed by atoms with Crippen LogP contribution in [0.2, 0.25) is 0 Å². The zero-order chi connectivity index (χ0) is 17.3. The van der Waals surface area contributed by atoms with Crippen molar-refractivity contribution >= 4 is 15.7 Å². The van der Waals surface area contributed by atoms with Crippen molar-refractivity contribution in [3.05, 3.63) is 66.1 Å². The summed E-state index contributed by atoms with van der Waals surface area (Å²) < 4.78 is 28.8. The van der Waals surface area contributed by atoms with Crippen molar-refractivity contribution in [3.8, 4) is 0 Å². The molecule has 0 saturated carbocycles. The summed E-state index contributed by atoms with van der Waals surface area (Å²) >= 11 is 0. The summed E-state index contributed by atoms with van der Waals surface area (Å²) in [6.07, 6.45) is 5.14. The van der Waals surface area contributed by atoms with Crippen molar-refractivity contribution < 1.29 is 8.42 Å². The predicted molar refractivity (Wildman–Crippen MR) is 95.6 cm³/mol. The molecule has 0 amide bonds. The molecule has 0 spiro atoms. The van der Waals surface area contributed by atoms with Crippen LogP contribution in [-0.4, -0.2) is 40.4 Å². The summed E-state index contributed by atoms with van der Waals surface area (Å²) in [6, 6.07) is 13.2. The third-order valence-electron chi connectivity index (χ3n) is 4.78. The first-order valence-corrected chi connectivity index (χ1v) is 10.0. The predicted octanol–water partition coefficient (Wildman–Crippen LogP) is 2.44. The second kappa shape index (κ2) is 6.57. The first-order chi connectivity index (χ1) is 12.1. The van der Waals surface area contributed by atoms with Gasteiger partial charge in [0.1, 0.15) is 0 Å². The van der Waals surface area contributed by atoms with E-state index >= 15 is 0 Å². The van der Waals surface area contributed by atoms with Gasteiger partial charge in [-0.25, -0.2) is 22.2 Å². The topological polar surface area (TPSA) is 67.6 Å². The highest BCUT2D eigenvalue weighted by Gasteiger charge is 2.29. The lowest BCUT2D eigenvalue weighted by molar-refractivity contribution is 0.314. The van der Waals surface area contributed by atoms with Crippen molar-refractivity contribution in [1.29, 1.82) is 0 Å². The molecule has 1 saturated heterocycles. The number of fused-ring (bicyclic) bond motifs is 1. The molecule has 7 heteroatoms. The molecular weight excluding hydrogens is 336 g/mol. The molecule has 0 radical (unpaired) electrons. The number of benzene rings is 1. The van der Waals surface area contributed by atoms with Crippen LogP contribution in [0.15, 0.2) is 54.9 Å². The Bertz CT molecular complexity index is 961. The van der Waals surface area contributed by atoms with Gasteiger partial charge < -0.3 is 0 Å². The van der Waals surface area contributed by atoms with Gasteiger partial charge in [0.2, 0.25) is 10.0 Å². The summed E-state index contributed by atoms with van der Waals surface area (Å²) in [5.41, 5.74) is 2.77. The third-order valence-corrected chi connectivity index (χ3v) is 6.63. The van der Waals surface area contributed by atoms with Crippen LogP contribution in [-0.2, 0) is 15.8 Å². The number of hydrogen-bond acceptors (Lipinski definition) is 4. The Morgan fingerprint density at radius 1 is 1.00 bits per heavy atom. The van der Waals surface area contributed by atoms with Crippen LogP contribution in [0.1, 0.15) is 30.0 Å². The Morgan fingerprint density at radius 2 is 1.76 bits per heavy atom. The Balaban J connectivity index is 1.47. The summed E-state index contributed by atoms with van der Waals surface area (Å²) in [6.45, 7) is 1.09. The van der Waals surface area contributed by atoms with Gasteiger partial charge in [0, 0.05) is 37.0 Å². The molecule has 6 nitrogen and oxygen atoms in total. The first-order valence-electron chi connectivity index (χ1n) is 8.44. The SMILES string of the molecule is O=S(=O)(Cc1ccccc1)N1CCC(c2ccnc3ccnn23)CC1. The number of sulfonamides is 1. The zero-order valence-electron chi connectivity index (χ0n) is 13.8. The van der Waals surface area contributed by atoms with E-state index in [2.05, 4.69) is 10.1 Å². The van der Waals surface area contributed by atoms with Crippen molar-refractivity contribution in [2.75, 3.05) is 13.1 Å². The average Bonchev–Trinajstić information content (AvgIpc) is 3.11. The van der Waals surface area contributed by atoms with Gasteiger partial charge in [0.15, 0.2) is 5.65 Å². The minimum Gasteiger partial charge on any atom is -0.237 e. The first kappa shape index (κ1) is 16.2. The summed E-state index contributed by atoms with van der Waals surface area (Å²) in [7, 11) is -3.28. The van der Waals surface area contributed by atoms with Gasteiger partial charge in [-0.05, 0) is 24.5 Å². The van der Waals surface area contributed by atoms with Crippen LogP contribution in [0, 0.1) is 0 Å². The molecule has 1 fully saturated rings. The minimum atomic E-state index is -3.28. The molecule has 0 unspecified atom stereocenters. The fourth-order valence-corrected chi connectivity index (χ4v) is 5.03. The lowest BCUT2D eigenvalue weighted by Crippen LogP contribution is -2.38. The van der Waals surface area contributed by atoms with E-state index in [1.165, 1.54) is 0 Å². The van der Waals surface area contributed by atoms with E-state index in [-0.39, 0.29) is 5.75 Å². The van der Waals surface area contributed by atoms with Crippen molar-refractivity contribution in [3.63, 3.8) is 0 Å². The maximum Gasteiger partial charge on any atom is 0.218 e. The molecule has 4 rings (SSSR count). The molecule has 0 bridgehead atoms. The lowest BCUT2D eigenvalue weighted by Gasteiger charge is -2.31. The van der Waals surface area contributed by atoms with E-state index in [1.807, 2.05) is 47.0 Å². The van der Waals surface area contributed by atoms with Crippen molar-refractivity contribution in [2.24, 2.45) is 0 Å². The maximum atomic E-state index is 12.7. The molecule has 0 N–H and O–H groups in total. The van der Waals surface area contributed by atoms with Gasteiger partial charge in [-0.15, -0.1) is 0 Å². The number of nitrogens with zero attached hydrogens (tertiary/aromatic N) is 4. The van der Waals surface area contributed by atoms with E-state index in [0.717, 1.165) is 29.7 Å². The fourth-order valence-electron chi connectivity index (χ4n) is 3.47. The third kappa shape index (κ3) is 3.29. The molecular formula is C18H20N4O2S. The normalized spacial score (nSPS) is 17.1. The zero-order valence-corrected chi connectivity index (χ0v) is 14.6. The smallest absolute Gasteiger partial charge is 0.218 e. The number of piperidine rings is 1. The van der Waals surface area contributed by atoms with Gasteiger partial charge in [0.05, 0.1) is 11.9 Å². The number of rotatable bonds is 4. The van der Waals surface area contributed by atoms with Gasteiger partial charge in [-0.1, -0.05) is 30.3 Å². The van der Waals surface area contributed by atoms with E-state index in [0.29, 0.717) is 19.0 Å². The van der Waals surface area contributed by atoms with Crippen LogP contribution in [0.25, 0.3) is 5.65 Å². The van der Waals surface area contributed by atoms with E-state index in [1.54, 1.807) is 16.7 Å². The van der Waals surface area contributed by atoms with Gasteiger partial charge in [-0.2, -0.15) is 5.10 Å². The van der Waals surface area contributed by atoms with Crippen molar-refractivity contribution in [1.82, 2.24) is 18.9 Å². The highest BCUT2D eigenvalue weighted by molar-refractivity contribution is 7.88. The standard InChI is InChI=1S/C18H20N4O2S/c23-25(24,14-15-4-2-1-3-5-15)21-12-8-16(9-13-21)17-6-10-19-18-7-11-20-22(17)18/h1-7,10-11,16H,8-9,12-14H2. The summed E-state index contributed by atoms with van der Waals surface area (Å²) in [4.78, 5) is 4.29. The molecule has 2 aromatic heterocycles. The number of hydrogen-bond donors (Lipinski definition) is 0. The fraction of sp³-hybridized carbons (Fsp3) is 0.333. The second-order valence-corrected chi connectivity index (χ2v) is 8.35. The quantitative estimate of drug-likeness (QED) is 0.720. The maximum absolute atomic E-state index is 12.7. The Kier molecular flexibility index (Phi) is 4.27. The Hall–Kier alpha value is -2.25. The summed E-state index contributed by atoms with van der Waals surface area (Å²) in [5.74, 6) is 0.366. The lowest BCUT2D eigenvalue weighted by atomic mass is 9.94. The molecule has 0 atom stereocenters. The molecule has 1 aliphatic rings. The molecule has 25 heavy (non-hydrogen) atoms. The van der Waals surface area contributed by atoms with E-state index in [9.17, 15) is 8.42 Å². The van der Waals surface area contributed by atoms with E-state index < -0.39 is 10.0 Å². The van der Waals surface area contributed by atoms with Crippen LogP contribution in [0.5, 0.6) is 0 Å². The molecule has 1 aliphatic heterocycles. The molecule has 0 aliphatic carbocycles. The van der Waals surface area contributed by atoms with Gasteiger partial charge in [0.25, 0.3) is 0 Å². The molecule has 1 aromatic carbocycles. The summed E-state index contributed by atoms with van der Waals surface area (Å²) in [5, 5.41) is 4.34. The Morgan fingerprint density at radius 3 is 2.52 bits per heavy atom.